The first-order chi connectivity index (χ1) is 11.1. The zero-order valence-corrected chi connectivity index (χ0v) is 15.8. The van der Waals surface area contributed by atoms with Crippen LogP contribution in [0.4, 0.5) is 0 Å². The maximum atomic E-state index is 9.25. The van der Waals surface area contributed by atoms with Crippen molar-refractivity contribution in [2.45, 2.75) is 0 Å². The van der Waals surface area contributed by atoms with Gasteiger partial charge in [-0.2, -0.15) is 0 Å². The first-order valence-electron chi connectivity index (χ1n) is 6.66. The summed E-state index contributed by atoms with van der Waals surface area (Å²) in [5.41, 5.74) is 2.14. The average Bonchev–Trinajstić information content (AvgIpc) is 2.57. The SMILES string of the molecule is COc1cc(Br)c(C=CC(=NO)c2ccc(Br)cc2)cc1OC. The van der Waals surface area contributed by atoms with Crippen molar-refractivity contribution in [3.8, 4) is 11.5 Å². The van der Waals surface area contributed by atoms with Gasteiger partial charge in [0.05, 0.1) is 14.2 Å². The van der Waals surface area contributed by atoms with Gasteiger partial charge in [-0.25, -0.2) is 0 Å². The number of benzene rings is 2. The Bertz CT molecular complexity index is 740. The van der Waals surface area contributed by atoms with E-state index in [4.69, 9.17) is 9.47 Å². The maximum absolute atomic E-state index is 9.25. The van der Waals surface area contributed by atoms with Crippen LogP contribution in [0.5, 0.6) is 11.5 Å². The highest BCUT2D eigenvalue weighted by Gasteiger charge is 2.08. The molecular weight excluding hydrogens is 426 g/mol. The van der Waals surface area contributed by atoms with E-state index >= 15 is 0 Å². The lowest BCUT2D eigenvalue weighted by Crippen LogP contribution is -1.96. The minimum absolute atomic E-state index is 0.458. The Balaban J connectivity index is 2.33. The fourth-order valence-electron chi connectivity index (χ4n) is 1.97. The minimum Gasteiger partial charge on any atom is -0.493 e. The molecular formula is C17H15Br2NO3. The zero-order valence-electron chi connectivity index (χ0n) is 12.6. The molecule has 0 aliphatic carbocycles. The molecule has 0 unspecified atom stereocenters. The van der Waals surface area contributed by atoms with Crippen LogP contribution in [-0.2, 0) is 0 Å². The fraction of sp³-hybridized carbons (Fsp3) is 0.118. The van der Waals surface area contributed by atoms with Gasteiger partial charge >= 0.3 is 0 Å². The quantitative estimate of drug-likeness (QED) is 0.398. The Kier molecular flexibility index (Phi) is 6.24. The van der Waals surface area contributed by atoms with E-state index in [-0.39, 0.29) is 0 Å². The highest BCUT2D eigenvalue weighted by molar-refractivity contribution is 9.10. The lowest BCUT2D eigenvalue weighted by atomic mass is 10.1. The summed E-state index contributed by atoms with van der Waals surface area (Å²) in [7, 11) is 3.17. The zero-order chi connectivity index (χ0) is 16.8. The van der Waals surface area contributed by atoms with Crippen LogP contribution in [0.2, 0.25) is 0 Å². The van der Waals surface area contributed by atoms with E-state index in [2.05, 4.69) is 37.0 Å². The number of nitrogens with zero attached hydrogens (tertiary/aromatic N) is 1. The first kappa shape index (κ1) is 17.6. The predicted octanol–water partition coefficient (Wildman–Crippen LogP) is 5.12. The predicted molar refractivity (Wildman–Crippen MR) is 98.7 cm³/mol. The summed E-state index contributed by atoms with van der Waals surface area (Å²) in [6.45, 7) is 0. The second-order valence-corrected chi connectivity index (χ2v) is 6.32. The van der Waals surface area contributed by atoms with Crippen LogP contribution in [-0.4, -0.2) is 25.1 Å². The third-order valence-corrected chi connectivity index (χ3v) is 4.39. The molecule has 0 saturated carbocycles. The summed E-state index contributed by atoms with van der Waals surface area (Å²) < 4.78 is 12.4. The number of hydrogen-bond donors (Lipinski definition) is 1. The van der Waals surface area contributed by atoms with Crippen LogP contribution in [0, 0.1) is 0 Å². The molecule has 23 heavy (non-hydrogen) atoms. The van der Waals surface area contributed by atoms with E-state index in [1.165, 1.54) is 0 Å². The van der Waals surface area contributed by atoms with E-state index in [0.29, 0.717) is 17.2 Å². The number of halogens is 2. The summed E-state index contributed by atoms with van der Waals surface area (Å²) in [5.74, 6) is 1.27. The van der Waals surface area contributed by atoms with Gasteiger partial charge in [0.1, 0.15) is 5.71 Å². The summed E-state index contributed by atoms with van der Waals surface area (Å²) in [4.78, 5) is 0. The molecule has 0 atom stereocenters. The molecule has 0 spiro atoms. The van der Waals surface area contributed by atoms with Crippen LogP contribution >= 0.6 is 31.9 Å². The Labute approximate surface area is 151 Å². The largest absolute Gasteiger partial charge is 0.493 e. The lowest BCUT2D eigenvalue weighted by Gasteiger charge is -2.10. The lowest BCUT2D eigenvalue weighted by molar-refractivity contribution is 0.320. The van der Waals surface area contributed by atoms with E-state index in [1.54, 1.807) is 20.3 Å². The van der Waals surface area contributed by atoms with Gasteiger partial charge in [-0.1, -0.05) is 55.2 Å². The van der Waals surface area contributed by atoms with Crippen LogP contribution in [0.15, 0.2) is 56.6 Å². The highest BCUT2D eigenvalue weighted by atomic mass is 79.9. The normalized spacial score (nSPS) is 11.7. The van der Waals surface area contributed by atoms with E-state index in [0.717, 1.165) is 20.1 Å². The Morgan fingerprint density at radius 2 is 1.65 bits per heavy atom. The number of methoxy groups -OCH3 is 2. The smallest absolute Gasteiger partial charge is 0.161 e. The van der Waals surface area contributed by atoms with E-state index in [1.807, 2.05) is 42.5 Å². The highest BCUT2D eigenvalue weighted by Crippen LogP contribution is 2.33. The van der Waals surface area contributed by atoms with Crippen molar-refractivity contribution in [2.24, 2.45) is 5.16 Å². The van der Waals surface area contributed by atoms with Gasteiger partial charge in [0, 0.05) is 14.5 Å². The Morgan fingerprint density at radius 1 is 1.04 bits per heavy atom. The molecule has 2 aromatic carbocycles. The topological polar surface area (TPSA) is 51.0 Å². The average molecular weight is 441 g/mol. The summed E-state index contributed by atoms with van der Waals surface area (Å²) in [5, 5.41) is 12.6. The Morgan fingerprint density at radius 3 is 2.22 bits per heavy atom. The van der Waals surface area contributed by atoms with Gasteiger partial charge in [0.2, 0.25) is 0 Å². The molecule has 2 rings (SSSR count). The van der Waals surface area contributed by atoms with Gasteiger partial charge in [-0.3, -0.25) is 0 Å². The molecule has 4 nitrogen and oxygen atoms in total. The monoisotopic (exact) mass is 439 g/mol. The second-order valence-electron chi connectivity index (χ2n) is 4.55. The second kappa shape index (κ2) is 8.17. The first-order valence-corrected chi connectivity index (χ1v) is 8.25. The van der Waals surface area contributed by atoms with Crippen molar-refractivity contribution in [1.82, 2.24) is 0 Å². The van der Waals surface area contributed by atoms with Crippen LogP contribution in [0.25, 0.3) is 6.08 Å². The molecule has 0 aromatic heterocycles. The number of hydrogen-bond acceptors (Lipinski definition) is 4. The van der Waals surface area contributed by atoms with Crippen molar-refractivity contribution < 1.29 is 14.7 Å². The van der Waals surface area contributed by atoms with Gasteiger partial charge in [0.15, 0.2) is 11.5 Å². The fourth-order valence-corrected chi connectivity index (χ4v) is 2.69. The molecule has 6 heteroatoms. The Hall–Kier alpha value is -1.79. The standard InChI is InChI=1S/C17H15Br2NO3/c1-22-16-9-12(14(19)10-17(16)23-2)5-8-15(20-21)11-3-6-13(18)7-4-11/h3-10,21H,1-2H3. The maximum Gasteiger partial charge on any atom is 0.161 e. The van der Waals surface area contributed by atoms with Gasteiger partial charge in [-0.05, 0) is 35.9 Å². The van der Waals surface area contributed by atoms with Crippen molar-refractivity contribution in [3.05, 3.63) is 62.5 Å². The number of ether oxygens (including phenoxy) is 2. The van der Waals surface area contributed by atoms with Gasteiger partial charge in [0.25, 0.3) is 0 Å². The van der Waals surface area contributed by atoms with Crippen molar-refractivity contribution in [1.29, 1.82) is 0 Å². The molecule has 2 aromatic rings. The van der Waals surface area contributed by atoms with Crippen LogP contribution < -0.4 is 9.47 Å². The number of rotatable bonds is 5. The number of oxime groups is 1. The molecule has 0 heterocycles. The number of allylic oxidation sites excluding steroid dienone is 1. The molecule has 0 bridgehead atoms. The van der Waals surface area contributed by atoms with Crippen molar-refractivity contribution >= 4 is 43.6 Å². The summed E-state index contributed by atoms with van der Waals surface area (Å²) >= 11 is 6.87. The molecule has 120 valence electrons. The van der Waals surface area contributed by atoms with Crippen molar-refractivity contribution in [2.75, 3.05) is 14.2 Å². The molecule has 0 radical (unpaired) electrons. The van der Waals surface area contributed by atoms with Gasteiger partial charge < -0.3 is 14.7 Å². The molecule has 0 saturated heterocycles. The van der Waals surface area contributed by atoms with Crippen LogP contribution in [0.1, 0.15) is 11.1 Å². The van der Waals surface area contributed by atoms with E-state index < -0.39 is 0 Å². The minimum atomic E-state index is 0.458. The molecule has 0 aliphatic heterocycles. The summed E-state index contributed by atoms with van der Waals surface area (Å²) in [6.07, 6.45) is 3.57. The third kappa shape index (κ3) is 4.36. The molecule has 0 fully saturated rings. The van der Waals surface area contributed by atoms with Crippen LogP contribution in [0.3, 0.4) is 0 Å². The van der Waals surface area contributed by atoms with Crippen molar-refractivity contribution in [3.63, 3.8) is 0 Å². The third-order valence-electron chi connectivity index (χ3n) is 3.17. The van der Waals surface area contributed by atoms with Gasteiger partial charge in [-0.15, -0.1) is 0 Å². The summed E-state index contributed by atoms with van der Waals surface area (Å²) in [6, 6.07) is 11.2. The van der Waals surface area contributed by atoms with E-state index in [9.17, 15) is 5.21 Å². The molecule has 1 N–H and O–H groups in total. The molecule has 0 amide bonds. The molecule has 0 aliphatic rings.